The van der Waals surface area contributed by atoms with Gasteiger partial charge in [-0.1, -0.05) is 26.2 Å². The molecule has 102 valence electrons. The zero-order valence-corrected chi connectivity index (χ0v) is 12.2. The van der Waals surface area contributed by atoms with Crippen LogP contribution in [0.2, 0.25) is 0 Å². The van der Waals surface area contributed by atoms with Crippen molar-refractivity contribution >= 4 is 0 Å². The minimum absolute atomic E-state index is 0.683. The van der Waals surface area contributed by atoms with Crippen molar-refractivity contribution in [2.24, 2.45) is 5.92 Å². The second-order valence-corrected chi connectivity index (χ2v) is 5.87. The molecule has 0 heterocycles. The van der Waals surface area contributed by atoms with Crippen LogP contribution in [0.4, 0.5) is 0 Å². The highest BCUT2D eigenvalue weighted by atomic mass is 15.1. The van der Waals surface area contributed by atoms with Gasteiger partial charge in [0.05, 0.1) is 0 Å². The van der Waals surface area contributed by atoms with Crippen molar-refractivity contribution in [2.75, 3.05) is 26.7 Å². The van der Waals surface area contributed by atoms with Crippen LogP contribution in [0.15, 0.2) is 0 Å². The lowest BCUT2D eigenvalue weighted by atomic mass is 9.89. The van der Waals surface area contributed by atoms with Crippen LogP contribution in [0.25, 0.3) is 0 Å². The Morgan fingerprint density at radius 1 is 1.24 bits per heavy atom. The first kappa shape index (κ1) is 15.0. The molecule has 0 aromatic carbocycles. The van der Waals surface area contributed by atoms with Crippen LogP contribution in [-0.4, -0.2) is 37.6 Å². The van der Waals surface area contributed by atoms with E-state index in [1.807, 2.05) is 0 Å². The molecule has 2 heteroatoms. The molecule has 0 radical (unpaired) electrons. The summed E-state index contributed by atoms with van der Waals surface area (Å²) in [6.07, 6.45) is 9.99. The molecule has 0 amide bonds. The minimum atomic E-state index is 0.683. The van der Waals surface area contributed by atoms with Gasteiger partial charge >= 0.3 is 0 Å². The van der Waals surface area contributed by atoms with Crippen molar-refractivity contribution < 1.29 is 0 Å². The predicted molar refractivity (Wildman–Crippen MR) is 76.4 cm³/mol. The monoisotopic (exact) mass is 240 g/mol. The minimum Gasteiger partial charge on any atom is -0.315 e. The fourth-order valence-corrected chi connectivity index (χ4v) is 3.02. The Bertz CT molecular complexity index is 176. The number of hydrogen-bond acceptors (Lipinski definition) is 2. The lowest BCUT2D eigenvalue weighted by Crippen LogP contribution is -2.30. The maximum absolute atomic E-state index is 3.48. The van der Waals surface area contributed by atoms with Crippen LogP contribution in [-0.2, 0) is 0 Å². The van der Waals surface area contributed by atoms with E-state index in [0.29, 0.717) is 6.04 Å². The standard InChI is InChI=1S/C15H32N2/c1-4-16-14(2)9-8-12-17(3)13-15-10-6-5-7-11-15/h14-16H,4-13H2,1-3H3. The smallest absolute Gasteiger partial charge is 0.00390 e. The molecule has 1 unspecified atom stereocenters. The van der Waals surface area contributed by atoms with Gasteiger partial charge in [0, 0.05) is 12.6 Å². The SMILES string of the molecule is CCNC(C)CCCN(C)CC1CCCCC1. The largest absolute Gasteiger partial charge is 0.315 e. The van der Waals surface area contributed by atoms with Gasteiger partial charge in [-0.15, -0.1) is 0 Å². The van der Waals surface area contributed by atoms with Crippen LogP contribution >= 0.6 is 0 Å². The molecule has 1 atom stereocenters. The zero-order valence-electron chi connectivity index (χ0n) is 12.2. The van der Waals surface area contributed by atoms with E-state index in [1.54, 1.807) is 0 Å². The molecule has 17 heavy (non-hydrogen) atoms. The molecule has 0 spiro atoms. The zero-order chi connectivity index (χ0) is 12.5. The number of nitrogens with one attached hydrogen (secondary N) is 1. The molecule has 1 aliphatic carbocycles. The molecule has 0 bridgehead atoms. The highest BCUT2D eigenvalue weighted by molar-refractivity contribution is 4.69. The van der Waals surface area contributed by atoms with Crippen molar-refractivity contribution in [1.82, 2.24) is 10.2 Å². The van der Waals surface area contributed by atoms with E-state index in [4.69, 9.17) is 0 Å². The maximum Gasteiger partial charge on any atom is 0.00390 e. The van der Waals surface area contributed by atoms with Crippen molar-refractivity contribution in [3.63, 3.8) is 0 Å². The second-order valence-electron chi connectivity index (χ2n) is 5.87. The third-order valence-electron chi connectivity index (χ3n) is 4.02. The van der Waals surface area contributed by atoms with Gasteiger partial charge in [0.1, 0.15) is 0 Å². The van der Waals surface area contributed by atoms with E-state index >= 15 is 0 Å². The van der Waals surface area contributed by atoms with Crippen LogP contribution in [0.5, 0.6) is 0 Å². The maximum atomic E-state index is 3.48. The summed E-state index contributed by atoms with van der Waals surface area (Å²) in [5.41, 5.74) is 0. The highest BCUT2D eigenvalue weighted by Gasteiger charge is 2.15. The Morgan fingerprint density at radius 3 is 2.59 bits per heavy atom. The van der Waals surface area contributed by atoms with Gasteiger partial charge in [-0.3, -0.25) is 0 Å². The average molecular weight is 240 g/mol. The number of rotatable bonds is 8. The van der Waals surface area contributed by atoms with Crippen molar-refractivity contribution in [3.8, 4) is 0 Å². The summed E-state index contributed by atoms with van der Waals surface area (Å²) in [5, 5.41) is 3.48. The van der Waals surface area contributed by atoms with E-state index in [9.17, 15) is 0 Å². The summed E-state index contributed by atoms with van der Waals surface area (Å²) in [4.78, 5) is 2.55. The van der Waals surface area contributed by atoms with Gasteiger partial charge in [-0.05, 0) is 58.7 Å². The Morgan fingerprint density at radius 2 is 1.94 bits per heavy atom. The van der Waals surface area contributed by atoms with E-state index < -0.39 is 0 Å². The molecule has 0 aromatic rings. The molecular weight excluding hydrogens is 208 g/mol. The van der Waals surface area contributed by atoms with Gasteiger partial charge in [0.15, 0.2) is 0 Å². The Hall–Kier alpha value is -0.0800. The van der Waals surface area contributed by atoms with Crippen molar-refractivity contribution in [2.45, 2.75) is 64.8 Å². The van der Waals surface area contributed by atoms with Gasteiger partial charge in [0.2, 0.25) is 0 Å². The first-order valence-corrected chi connectivity index (χ1v) is 7.64. The lowest BCUT2D eigenvalue weighted by molar-refractivity contribution is 0.228. The molecule has 1 rings (SSSR count). The third-order valence-corrected chi connectivity index (χ3v) is 4.02. The summed E-state index contributed by atoms with van der Waals surface area (Å²) in [5.74, 6) is 0.986. The number of nitrogens with zero attached hydrogens (tertiary/aromatic N) is 1. The number of hydrogen-bond donors (Lipinski definition) is 1. The predicted octanol–water partition coefficient (Wildman–Crippen LogP) is 3.28. The molecule has 0 aromatic heterocycles. The highest BCUT2D eigenvalue weighted by Crippen LogP contribution is 2.24. The fourth-order valence-electron chi connectivity index (χ4n) is 3.02. The van der Waals surface area contributed by atoms with Gasteiger partial charge < -0.3 is 10.2 Å². The Balaban J connectivity index is 2.02. The first-order chi connectivity index (χ1) is 8.22. The first-order valence-electron chi connectivity index (χ1n) is 7.64. The van der Waals surface area contributed by atoms with Gasteiger partial charge in [-0.25, -0.2) is 0 Å². The molecule has 2 nitrogen and oxygen atoms in total. The molecule has 0 saturated heterocycles. The molecule has 1 N–H and O–H groups in total. The average Bonchev–Trinajstić information content (AvgIpc) is 2.30. The third kappa shape index (κ3) is 7.05. The topological polar surface area (TPSA) is 15.3 Å². The summed E-state index contributed by atoms with van der Waals surface area (Å²) in [7, 11) is 2.30. The molecule has 1 saturated carbocycles. The normalized spacial score (nSPS) is 19.8. The molecular formula is C15H32N2. The molecule has 1 aliphatic rings. The Labute approximate surface area is 108 Å². The van der Waals surface area contributed by atoms with Gasteiger partial charge in [-0.2, -0.15) is 0 Å². The second kappa shape index (κ2) is 8.93. The van der Waals surface area contributed by atoms with E-state index in [0.717, 1.165) is 12.5 Å². The van der Waals surface area contributed by atoms with Crippen LogP contribution in [0, 0.1) is 5.92 Å². The summed E-state index contributed by atoms with van der Waals surface area (Å²) >= 11 is 0. The van der Waals surface area contributed by atoms with Gasteiger partial charge in [0.25, 0.3) is 0 Å². The van der Waals surface area contributed by atoms with Crippen LogP contribution in [0.1, 0.15) is 58.8 Å². The van der Waals surface area contributed by atoms with E-state index in [2.05, 4.69) is 31.1 Å². The van der Waals surface area contributed by atoms with E-state index in [1.165, 1.54) is 58.0 Å². The van der Waals surface area contributed by atoms with Crippen LogP contribution in [0.3, 0.4) is 0 Å². The van der Waals surface area contributed by atoms with Crippen LogP contribution < -0.4 is 5.32 Å². The Kier molecular flexibility index (Phi) is 7.87. The summed E-state index contributed by atoms with van der Waals surface area (Å²) in [6, 6.07) is 0.683. The van der Waals surface area contributed by atoms with E-state index in [-0.39, 0.29) is 0 Å². The fraction of sp³-hybridized carbons (Fsp3) is 1.00. The lowest BCUT2D eigenvalue weighted by Gasteiger charge is -2.27. The summed E-state index contributed by atoms with van der Waals surface area (Å²) in [6.45, 7) is 8.18. The quantitative estimate of drug-likeness (QED) is 0.700. The molecule has 0 aliphatic heterocycles. The summed E-state index contributed by atoms with van der Waals surface area (Å²) < 4.78 is 0. The van der Waals surface area contributed by atoms with Crippen molar-refractivity contribution in [1.29, 1.82) is 0 Å². The van der Waals surface area contributed by atoms with Crippen molar-refractivity contribution in [3.05, 3.63) is 0 Å². The molecule has 1 fully saturated rings.